The van der Waals surface area contributed by atoms with Gasteiger partial charge in [0.1, 0.15) is 0 Å². The predicted molar refractivity (Wildman–Crippen MR) is 120 cm³/mol. The second-order valence-electron chi connectivity index (χ2n) is 7.58. The molecular formula is C27H23N. The van der Waals surface area contributed by atoms with Crippen molar-refractivity contribution in [2.45, 2.75) is 13.3 Å². The Balaban J connectivity index is 1.63. The van der Waals surface area contributed by atoms with Crippen molar-refractivity contribution >= 4 is 22.1 Å². The second-order valence-corrected chi connectivity index (χ2v) is 7.58. The Kier molecular flexibility index (Phi) is 4.21. The van der Waals surface area contributed by atoms with Crippen LogP contribution in [0, 0.1) is 12.8 Å². The minimum atomic E-state index is 0.457. The molecule has 0 radical (unpaired) electrons. The molecule has 0 fully saturated rings. The van der Waals surface area contributed by atoms with Crippen molar-refractivity contribution in [3.05, 3.63) is 120 Å². The largest absolute Gasteiger partial charge is 0.314 e. The van der Waals surface area contributed by atoms with Crippen LogP contribution >= 0.6 is 0 Å². The summed E-state index contributed by atoms with van der Waals surface area (Å²) in [6.45, 7) is 2.14. The molecule has 2 aliphatic carbocycles. The van der Waals surface area contributed by atoms with Gasteiger partial charge in [0.15, 0.2) is 0 Å². The Morgan fingerprint density at radius 3 is 2.43 bits per heavy atom. The highest BCUT2D eigenvalue weighted by Crippen LogP contribution is 2.38. The van der Waals surface area contributed by atoms with Gasteiger partial charge in [-0.1, -0.05) is 78.4 Å². The van der Waals surface area contributed by atoms with Gasteiger partial charge >= 0.3 is 0 Å². The third-order valence-corrected chi connectivity index (χ3v) is 5.64. The van der Waals surface area contributed by atoms with Gasteiger partial charge in [0.25, 0.3) is 0 Å². The summed E-state index contributed by atoms with van der Waals surface area (Å²) in [6, 6.07) is 24.1. The van der Waals surface area contributed by atoms with E-state index in [0.717, 1.165) is 6.42 Å². The molecule has 1 unspecified atom stereocenters. The first-order valence-corrected chi connectivity index (χ1v) is 9.89. The van der Waals surface area contributed by atoms with Crippen LogP contribution < -0.4 is 4.90 Å². The fourth-order valence-electron chi connectivity index (χ4n) is 4.11. The van der Waals surface area contributed by atoms with Crippen LogP contribution in [0.5, 0.6) is 0 Å². The number of nitrogens with zero attached hydrogens (tertiary/aromatic N) is 1. The van der Waals surface area contributed by atoms with E-state index in [9.17, 15) is 0 Å². The SMILES string of the molecule is Cc1ccc(N(C2=CC=C3C=CC=CC3C2)c2ccc3ccccc3c2)cc1. The van der Waals surface area contributed by atoms with Crippen molar-refractivity contribution < 1.29 is 0 Å². The molecule has 5 rings (SSSR count). The fourth-order valence-corrected chi connectivity index (χ4v) is 4.11. The first-order valence-electron chi connectivity index (χ1n) is 9.89. The molecule has 0 aliphatic heterocycles. The minimum Gasteiger partial charge on any atom is -0.314 e. The molecule has 136 valence electrons. The van der Waals surface area contributed by atoms with E-state index >= 15 is 0 Å². The van der Waals surface area contributed by atoms with Crippen LogP contribution in [0.2, 0.25) is 0 Å². The third-order valence-electron chi connectivity index (χ3n) is 5.64. The van der Waals surface area contributed by atoms with Crippen LogP contribution in [0.4, 0.5) is 11.4 Å². The molecule has 1 heteroatoms. The van der Waals surface area contributed by atoms with E-state index in [4.69, 9.17) is 0 Å². The van der Waals surface area contributed by atoms with Crippen molar-refractivity contribution in [3.63, 3.8) is 0 Å². The molecule has 0 aromatic heterocycles. The number of aryl methyl sites for hydroxylation is 1. The minimum absolute atomic E-state index is 0.457. The summed E-state index contributed by atoms with van der Waals surface area (Å²) < 4.78 is 0. The number of fused-ring (bicyclic) bond motifs is 2. The maximum atomic E-state index is 2.41. The quantitative estimate of drug-likeness (QED) is 0.475. The zero-order valence-corrected chi connectivity index (χ0v) is 16.0. The van der Waals surface area contributed by atoms with Crippen LogP contribution in [0.3, 0.4) is 0 Å². The van der Waals surface area contributed by atoms with Crippen LogP contribution in [0.1, 0.15) is 12.0 Å². The average molecular weight is 361 g/mol. The molecule has 0 N–H and O–H groups in total. The number of hydrogen-bond donors (Lipinski definition) is 0. The molecule has 28 heavy (non-hydrogen) atoms. The first-order chi connectivity index (χ1) is 13.8. The zero-order chi connectivity index (χ0) is 18.9. The Bertz CT molecular complexity index is 1140. The van der Waals surface area contributed by atoms with Crippen LogP contribution in [0.15, 0.2) is 114 Å². The van der Waals surface area contributed by atoms with E-state index in [1.807, 2.05) is 0 Å². The first kappa shape index (κ1) is 16.8. The summed E-state index contributed by atoms with van der Waals surface area (Å²) in [7, 11) is 0. The molecular weight excluding hydrogens is 338 g/mol. The number of hydrogen-bond acceptors (Lipinski definition) is 1. The number of benzene rings is 3. The smallest absolute Gasteiger partial charge is 0.0464 e. The van der Waals surface area contributed by atoms with Crippen LogP contribution in [0.25, 0.3) is 10.8 Å². The predicted octanol–water partition coefficient (Wildman–Crippen LogP) is 7.24. The molecule has 2 aliphatic rings. The summed E-state index contributed by atoms with van der Waals surface area (Å²) in [4.78, 5) is 2.41. The Labute approximate surface area is 166 Å². The number of anilines is 2. The van der Waals surface area contributed by atoms with E-state index in [2.05, 4.69) is 115 Å². The summed E-state index contributed by atoms with van der Waals surface area (Å²) in [5, 5.41) is 2.54. The summed E-state index contributed by atoms with van der Waals surface area (Å²) in [6.07, 6.45) is 14.4. The van der Waals surface area contributed by atoms with Gasteiger partial charge in [-0.15, -0.1) is 0 Å². The van der Waals surface area contributed by atoms with Crippen molar-refractivity contribution in [1.29, 1.82) is 0 Å². The van der Waals surface area contributed by atoms with E-state index in [1.165, 1.54) is 39.0 Å². The zero-order valence-electron chi connectivity index (χ0n) is 16.0. The summed E-state index contributed by atoms with van der Waals surface area (Å²) in [5.74, 6) is 0.457. The monoisotopic (exact) mass is 361 g/mol. The van der Waals surface area contributed by atoms with Gasteiger partial charge in [-0.25, -0.2) is 0 Å². The number of allylic oxidation sites excluding steroid dienone is 8. The Morgan fingerprint density at radius 2 is 1.57 bits per heavy atom. The summed E-state index contributed by atoms with van der Waals surface area (Å²) >= 11 is 0. The maximum Gasteiger partial charge on any atom is 0.0464 e. The maximum absolute atomic E-state index is 2.41. The van der Waals surface area contributed by atoms with Crippen molar-refractivity contribution in [2.75, 3.05) is 4.90 Å². The standard InChI is InChI=1S/C27H23N/c1-20-10-14-25(15-11-20)28(26-16-12-21-6-2-4-8-23(21)18-26)27-17-13-22-7-3-5-9-24(22)19-27/h2-18,24H,19H2,1H3. The molecule has 0 heterocycles. The van der Waals surface area contributed by atoms with Gasteiger partial charge in [-0.3, -0.25) is 0 Å². The van der Waals surface area contributed by atoms with Gasteiger partial charge < -0.3 is 4.90 Å². The molecule has 1 nitrogen and oxygen atoms in total. The van der Waals surface area contributed by atoms with Gasteiger partial charge in [0, 0.05) is 23.0 Å². The Morgan fingerprint density at radius 1 is 0.786 bits per heavy atom. The van der Waals surface area contributed by atoms with E-state index < -0.39 is 0 Å². The lowest BCUT2D eigenvalue weighted by atomic mass is 9.86. The number of rotatable bonds is 3. The molecule has 1 atom stereocenters. The van der Waals surface area contributed by atoms with E-state index in [-0.39, 0.29) is 0 Å². The lowest BCUT2D eigenvalue weighted by molar-refractivity contribution is 0.732. The van der Waals surface area contributed by atoms with E-state index in [0.29, 0.717) is 5.92 Å². The second kappa shape index (κ2) is 7.01. The summed E-state index contributed by atoms with van der Waals surface area (Å²) in [5.41, 5.74) is 6.42. The van der Waals surface area contributed by atoms with Gasteiger partial charge in [-0.2, -0.15) is 0 Å². The van der Waals surface area contributed by atoms with Gasteiger partial charge in [0.05, 0.1) is 0 Å². The van der Waals surface area contributed by atoms with Crippen LogP contribution in [-0.2, 0) is 0 Å². The molecule has 0 amide bonds. The molecule has 0 bridgehead atoms. The molecule has 0 spiro atoms. The van der Waals surface area contributed by atoms with E-state index in [1.54, 1.807) is 0 Å². The lowest BCUT2D eigenvalue weighted by Crippen LogP contribution is -2.21. The highest BCUT2D eigenvalue weighted by molar-refractivity contribution is 5.87. The molecule has 3 aromatic rings. The molecule has 0 saturated heterocycles. The van der Waals surface area contributed by atoms with Crippen molar-refractivity contribution in [1.82, 2.24) is 0 Å². The topological polar surface area (TPSA) is 3.24 Å². The van der Waals surface area contributed by atoms with Crippen LogP contribution in [-0.4, -0.2) is 0 Å². The normalized spacial score (nSPS) is 17.8. The van der Waals surface area contributed by atoms with Gasteiger partial charge in [-0.05, 0) is 60.0 Å². The lowest BCUT2D eigenvalue weighted by Gasteiger charge is -2.32. The fraction of sp³-hybridized carbons (Fsp3) is 0.111. The third kappa shape index (κ3) is 3.10. The molecule has 0 saturated carbocycles. The highest BCUT2D eigenvalue weighted by Gasteiger charge is 2.22. The Hall–Kier alpha value is -3.32. The van der Waals surface area contributed by atoms with Crippen molar-refractivity contribution in [2.24, 2.45) is 5.92 Å². The molecule has 3 aromatic carbocycles. The van der Waals surface area contributed by atoms with Gasteiger partial charge in [0.2, 0.25) is 0 Å². The average Bonchev–Trinajstić information content (AvgIpc) is 2.75. The highest BCUT2D eigenvalue weighted by atomic mass is 15.1. The van der Waals surface area contributed by atoms with Crippen molar-refractivity contribution in [3.8, 4) is 0 Å².